The minimum Gasteiger partial charge on any atom is -0.496 e. The second-order valence-electron chi connectivity index (χ2n) is 5.27. The Morgan fingerprint density at radius 2 is 2.05 bits per heavy atom. The van der Waals surface area contributed by atoms with Gasteiger partial charge in [0.25, 0.3) is 0 Å². The Morgan fingerprint density at radius 1 is 1.25 bits per heavy atom. The van der Waals surface area contributed by atoms with Crippen molar-refractivity contribution in [3.8, 4) is 5.75 Å². The van der Waals surface area contributed by atoms with Gasteiger partial charge in [-0.25, -0.2) is 0 Å². The molecule has 1 N–H and O–H groups in total. The number of halogens is 1. The van der Waals surface area contributed by atoms with Crippen LogP contribution in [0.1, 0.15) is 22.8 Å². The van der Waals surface area contributed by atoms with Crippen LogP contribution in [-0.2, 0) is 12.8 Å². The maximum atomic E-state index is 10.5. The standard InChI is InChI=1S/C17H17ClO2/c1-20-16-7-6-14(18)10-12(16)9-13-8-11-4-2-3-5-15(11)17(13)19/h2-7,10,13,17,19H,8-9H2,1H3. The van der Waals surface area contributed by atoms with Gasteiger partial charge >= 0.3 is 0 Å². The fraction of sp³-hybridized carbons (Fsp3) is 0.294. The molecule has 0 amide bonds. The number of ether oxygens (including phenoxy) is 1. The molecule has 1 aliphatic rings. The monoisotopic (exact) mass is 288 g/mol. The SMILES string of the molecule is COc1ccc(Cl)cc1CC1Cc2ccccc2C1O. The number of aliphatic hydroxyl groups excluding tert-OH is 1. The molecule has 0 radical (unpaired) electrons. The van der Waals surface area contributed by atoms with Crippen LogP contribution in [0.4, 0.5) is 0 Å². The topological polar surface area (TPSA) is 29.5 Å². The molecule has 104 valence electrons. The molecule has 0 spiro atoms. The zero-order chi connectivity index (χ0) is 14.1. The van der Waals surface area contributed by atoms with Gasteiger partial charge in [0.1, 0.15) is 5.75 Å². The van der Waals surface area contributed by atoms with E-state index in [1.165, 1.54) is 5.56 Å². The first-order chi connectivity index (χ1) is 9.69. The summed E-state index contributed by atoms with van der Waals surface area (Å²) in [5, 5.41) is 11.2. The predicted molar refractivity (Wildman–Crippen MR) is 80.3 cm³/mol. The second-order valence-corrected chi connectivity index (χ2v) is 5.70. The van der Waals surface area contributed by atoms with Crippen LogP contribution in [0.2, 0.25) is 5.02 Å². The molecule has 0 saturated heterocycles. The quantitative estimate of drug-likeness (QED) is 0.931. The van der Waals surface area contributed by atoms with Crippen LogP contribution < -0.4 is 4.74 Å². The number of rotatable bonds is 3. The van der Waals surface area contributed by atoms with E-state index < -0.39 is 6.10 Å². The van der Waals surface area contributed by atoms with Gasteiger partial charge in [0, 0.05) is 5.02 Å². The van der Waals surface area contributed by atoms with Gasteiger partial charge in [-0.15, -0.1) is 0 Å². The molecule has 0 heterocycles. The molecule has 0 fully saturated rings. The Balaban J connectivity index is 1.85. The van der Waals surface area contributed by atoms with E-state index in [9.17, 15) is 5.11 Å². The minimum atomic E-state index is -0.408. The van der Waals surface area contributed by atoms with Gasteiger partial charge in [0.15, 0.2) is 0 Å². The highest BCUT2D eigenvalue weighted by atomic mass is 35.5. The largest absolute Gasteiger partial charge is 0.496 e. The maximum Gasteiger partial charge on any atom is 0.122 e. The molecule has 20 heavy (non-hydrogen) atoms. The van der Waals surface area contributed by atoms with Gasteiger partial charge in [-0.05, 0) is 53.6 Å². The zero-order valence-electron chi connectivity index (χ0n) is 11.3. The van der Waals surface area contributed by atoms with Crippen LogP contribution in [0.15, 0.2) is 42.5 Å². The normalized spacial score (nSPS) is 20.8. The lowest BCUT2D eigenvalue weighted by molar-refractivity contribution is 0.123. The summed E-state index contributed by atoms with van der Waals surface area (Å²) in [5.74, 6) is 1.01. The summed E-state index contributed by atoms with van der Waals surface area (Å²) in [6, 6.07) is 13.7. The first kappa shape index (κ1) is 13.5. The van der Waals surface area contributed by atoms with Crippen molar-refractivity contribution in [2.24, 2.45) is 5.92 Å². The fourth-order valence-electron chi connectivity index (χ4n) is 3.03. The first-order valence-electron chi connectivity index (χ1n) is 6.77. The van der Waals surface area contributed by atoms with Crippen molar-refractivity contribution in [3.63, 3.8) is 0 Å². The average molecular weight is 289 g/mol. The van der Waals surface area contributed by atoms with Gasteiger partial charge in [0.05, 0.1) is 13.2 Å². The third-order valence-electron chi connectivity index (χ3n) is 4.03. The van der Waals surface area contributed by atoms with Crippen molar-refractivity contribution in [1.29, 1.82) is 0 Å². The Bertz CT molecular complexity index is 624. The molecule has 0 aliphatic heterocycles. The van der Waals surface area contributed by atoms with Crippen LogP contribution >= 0.6 is 11.6 Å². The lowest BCUT2D eigenvalue weighted by atomic mass is 9.94. The Hall–Kier alpha value is -1.51. The first-order valence-corrected chi connectivity index (χ1v) is 7.15. The van der Waals surface area contributed by atoms with Gasteiger partial charge in [-0.3, -0.25) is 0 Å². The van der Waals surface area contributed by atoms with Crippen molar-refractivity contribution < 1.29 is 9.84 Å². The molecule has 2 aromatic carbocycles. The Kier molecular flexibility index (Phi) is 3.68. The van der Waals surface area contributed by atoms with Crippen LogP contribution in [0, 0.1) is 5.92 Å². The predicted octanol–water partition coefficient (Wildman–Crippen LogP) is 3.80. The highest BCUT2D eigenvalue weighted by molar-refractivity contribution is 6.30. The highest BCUT2D eigenvalue weighted by Gasteiger charge is 2.31. The molecule has 2 atom stereocenters. The minimum absolute atomic E-state index is 0.180. The van der Waals surface area contributed by atoms with Crippen LogP contribution in [0.5, 0.6) is 5.75 Å². The summed E-state index contributed by atoms with van der Waals surface area (Å²) in [6.07, 6.45) is 1.25. The molecule has 0 aromatic heterocycles. The summed E-state index contributed by atoms with van der Waals surface area (Å²) in [6.45, 7) is 0. The summed E-state index contributed by atoms with van der Waals surface area (Å²) in [4.78, 5) is 0. The molecule has 3 heteroatoms. The van der Waals surface area contributed by atoms with Crippen LogP contribution in [0.25, 0.3) is 0 Å². The van der Waals surface area contributed by atoms with E-state index in [1.54, 1.807) is 7.11 Å². The highest BCUT2D eigenvalue weighted by Crippen LogP contribution is 2.39. The number of hydrogen-bond donors (Lipinski definition) is 1. The molecule has 1 aliphatic carbocycles. The summed E-state index contributed by atoms with van der Waals surface area (Å²) >= 11 is 6.07. The van der Waals surface area contributed by atoms with Crippen molar-refractivity contribution in [2.45, 2.75) is 18.9 Å². The van der Waals surface area contributed by atoms with Gasteiger partial charge in [0.2, 0.25) is 0 Å². The maximum absolute atomic E-state index is 10.5. The van der Waals surface area contributed by atoms with Crippen LogP contribution in [-0.4, -0.2) is 12.2 Å². The van der Waals surface area contributed by atoms with Crippen molar-refractivity contribution in [1.82, 2.24) is 0 Å². The number of aliphatic hydroxyl groups is 1. The third kappa shape index (κ3) is 2.41. The van der Waals surface area contributed by atoms with E-state index in [2.05, 4.69) is 6.07 Å². The molecule has 2 nitrogen and oxygen atoms in total. The molecule has 2 aromatic rings. The van der Waals surface area contributed by atoms with Crippen molar-refractivity contribution in [3.05, 3.63) is 64.2 Å². The Labute approximate surface area is 124 Å². The van der Waals surface area contributed by atoms with E-state index in [1.807, 2.05) is 36.4 Å². The summed E-state index contributed by atoms with van der Waals surface area (Å²) in [7, 11) is 1.66. The average Bonchev–Trinajstić information content (AvgIpc) is 2.76. The third-order valence-corrected chi connectivity index (χ3v) is 4.26. The smallest absolute Gasteiger partial charge is 0.122 e. The number of fused-ring (bicyclic) bond motifs is 1. The van der Waals surface area contributed by atoms with E-state index in [0.717, 1.165) is 29.7 Å². The molecule has 0 bridgehead atoms. The Morgan fingerprint density at radius 3 is 2.80 bits per heavy atom. The second kappa shape index (κ2) is 5.47. The van der Waals surface area contributed by atoms with Gasteiger partial charge in [-0.1, -0.05) is 35.9 Å². The van der Waals surface area contributed by atoms with E-state index in [-0.39, 0.29) is 5.92 Å². The molecule has 3 rings (SSSR count). The fourth-order valence-corrected chi connectivity index (χ4v) is 3.22. The lowest BCUT2D eigenvalue weighted by Crippen LogP contribution is -2.11. The number of benzene rings is 2. The van der Waals surface area contributed by atoms with Crippen LogP contribution in [0.3, 0.4) is 0 Å². The summed E-state index contributed by atoms with van der Waals surface area (Å²) in [5.41, 5.74) is 3.35. The lowest BCUT2D eigenvalue weighted by Gasteiger charge is -2.17. The van der Waals surface area contributed by atoms with Crippen molar-refractivity contribution in [2.75, 3.05) is 7.11 Å². The molecular formula is C17H17ClO2. The van der Waals surface area contributed by atoms with E-state index in [4.69, 9.17) is 16.3 Å². The van der Waals surface area contributed by atoms with E-state index >= 15 is 0 Å². The molecular weight excluding hydrogens is 272 g/mol. The number of methoxy groups -OCH3 is 1. The molecule has 2 unspecified atom stereocenters. The van der Waals surface area contributed by atoms with Crippen molar-refractivity contribution >= 4 is 11.6 Å². The zero-order valence-corrected chi connectivity index (χ0v) is 12.1. The summed E-state index contributed by atoms with van der Waals surface area (Å²) < 4.78 is 5.38. The molecule has 0 saturated carbocycles. The van der Waals surface area contributed by atoms with E-state index in [0.29, 0.717) is 5.02 Å². The van der Waals surface area contributed by atoms with Gasteiger partial charge in [-0.2, -0.15) is 0 Å². The number of hydrogen-bond acceptors (Lipinski definition) is 2. The van der Waals surface area contributed by atoms with Gasteiger partial charge < -0.3 is 9.84 Å².